The van der Waals surface area contributed by atoms with E-state index in [2.05, 4.69) is 10.6 Å². The van der Waals surface area contributed by atoms with Crippen molar-refractivity contribution >= 4 is 50.3 Å². The Balaban J connectivity index is 1.73. The van der Waals surface area contributed by atoms with Crippen LogP contribution in [0.5, 0.6) is 5.75 Å². The van der Waals surface area contributed by atoms with Gasteiger partial charge in [0.15, 0.2) is 5.75 Å². The van der Waals surface area contributed by atoms with E-state index in [1.807, 2.05) is 0 Å². The molecule has 182 valence electrons. The summed E-state index contributed by atoms with van der Waals surface area (Å²) >= 11 is 5.77. The van der Waals surface area contributed by atoms with Gasteiger partial charge in [-0.15, -0.1) is 11.6 Å². The highest BCUT2D eigenvalue weighted by Crippen LogP contribution is 2.38. The van der Waals surface area contributed by atoms with Gasteiger partial charge in [0, 0.05) is 11.9 Å². The van der Waals surface area contributed by atoms with E-state index in [0.29, 0.717) is 39.3 Å². The fraction of sp³-hybridized carbons (Fsp3) is 0.174. The second kappa shape index (κ2) is 9.53. The standard InChI is InChI=1S/C23H21ClN4O6S/c1-34-21-12-14(4-7-20(21)28(30)31)13-2-5-16-18(10-13)26-17-6-3-15(11-19(17)27-23(16)29)22(8-9-24)35(25,32)33/h2-7,10-12,22,26H,8-9H2,1H3,(H,27,29)(H2,25,32,33). The van der Waals surface area contributed by atoms with Gasteiger partial charge < -0.3 is 15.4 Å². The maximum absolute atomic E-state index is 12.9. The number of alkyl halides is 1. The van der Waals surface area contributed by atoms with Crippen LogP contribution in [0.15, 0.2) is 54.6 Å². The number of nitrogens with zero attached hydrogens (tertiary/aromatic N) is 1. The number of halogens is 1. The number of carbonyl (C=O) groups excluding carboxylic acids is 1. The van der Waals surface area contributed by atoms with Crippen LogP contribution in [0.2, 0.25) is 0 Å². The van der Waals surface area contributed by atoms with Crippen molar-refractivity contribution in [3.05, 3.63) is 75.8 Å². The summed E-state index contributed by atoms with van der Waals surface area (Å²) in [4.78, 5) is 23.6. The number of ether oxygens (including phenoxy) is 1. The topological polar surface area (TPSA) is 154 Å². The van der Waals surface area contributed by atoms with Gasteiger partial charge >= 0.3 is 5.69 Å². The van der Waals surface area contributed by atoms with E-state index in [4.69, 9.17) is 21.5 Å². The van der Waals surface area contributed by atoms with Crippen molar-refractivity contribution in [1.29, 1.82) is 0 Å². The average molecular weight is 517 g/mol. The number of hydrogen-bond donors (Lipinski definition) is 3. The number of carbonyl (C=O) groups is 1. The van der Waals surface area contributed by atoms with Crippen molar-refractivity contribution in [2.75, 3.05) is 23.6 Å². The predicted octanol–water partition coefficient (Wildman–Crippen LogP) is 4.54. The van der Waals surface area contributed by atoms with Gasteiger partial charge in [0.05, 0.1) is 34.7 Å². The van der Waals surface area contributed by atoms with Gasteiger partial charge in [0.2, 0.25) is 10.0 Å². The molecule has 0 fully saturated rings. The fourth-order valence-corrected chi connectivity index (χ4v) is 5.28. The summed E-state index contributed by atoms with van der Waals surface area (Å²) in [6.45, 7) is 0. The van der Waals surface area contributed by atoms with Crippen molar-refractivity contribution in [1.82, 2.24) is 0 Å². The minimum absolute atomic E-state index is 0.102. The number of primary sulfonamides is 1. The molecule has 0 radical (unpaired) electrons. The number of nitrogens with two attached hydrogens (primary N) is 1. The molecule has 1 aliphatic heterocycles. The molecule has 0 spiro atoms. The Hall–Kier alpha value is -3.67. The lowest BCUT2D eigenvalue weighted by atomic mass is 10.0. The number of nitrogens with one attached hydrogen (secondary N) is 2. The summed E-state index contributed by atoms with van der Waals surface area (Å²) in [5.41, 5.74) is 3.45. The number of sulfonamides is 1. The molecule has 1 unspecified atom stereocenters. The molecular weight excluding hydrogens is 496 g/mol. The molecule has 10 nitrogen and oxygen atoms in total. The quantitative estimate of drug-likeness (QED) is 0.236. The number of amides is 1. The van der Waals surface area contributed by atoms with E-state index in [-0.39, 0.29) is 29.6 Å². The highest BCUT2D eigenvalue weighted by Gasteiger charge is 2.26. The molecule has 0 aliphatic carbocycles. The highest BCUT2D eigenvalue weighted by molar-refractivity contribution is 7.89. The normalized spacial score (nSPS) is 13.5. The number of nitro benzene ring substituents is 1. The number of anilines is 3. The molecule has 35 heavy (non-hydrogen) atoms. The number of nitro groups is 1. The molecule has 1 amide bonds. The second-order valence-electron chi connectivity index (χ2n) is 7.84. The van der Waals surface area contributed by atoms with Gasteiger partial charge in [0.1, 0.15) is 5.25 Å². The first-order valence-electron chi connectivity index (χ1n) is 10.4. The zero-order chi connectivity index (χ0) is 25.3. The van der Waals surface area contributed by atoms with Gasteiger partial charge in [-0.1, -0.05) is 12.1 Å². The predicted molar refractivity (Wildman–Crippen MR) is 134 cm³/mol. The minimum atomic E-state index is -3.90. The third-order valence-electron chi connectivity index (χ3n) is 5.67. The molecule has 0 aromatic heterocycles. The summed E-state index contributed by atoms with van der Waals surface area (Å²) in [7, 11) is -2.55. The Morgan fingerprint density at radius 3 is 2.40 bits per heavy atom. The lowest BCUT2D eigenvalue weighted by molar-refractivity contribution is -0.385. The van der Waals surface area contributed by atoms with Crippen molar-refractivity contribution in [3.63, 3.8) is 0 Å². The molecule has 4 N–H and O–H groups in total. The molecule has 0 bridgehead atoms. The maximum atomic E-state index is 12.9. The number of benzene rings is 3. The molecule has 1 aliphatic rings. The van der Waals surface area contributed by atoms with Gasteiger partial charge in [-0.3, -0.25) is 14.9 Å². The van der Waals surface area contributed by atoms with Crippen molar-refractivity contribution < 1.29 is 22.9 Å². The van der Waals surface area contributed by atoms with Crippen LogP contribution in [0.3, 0.4) is 0 Å². The van der Waals surface area contributed by atoms with Crippen molar-refractivity contribution in [3.8, 4) is 16.9 Å². The Labute approximate surface area is 206 Å². The number of fused-ring (bicyclic) bond motifs is 2. The van der Waals surface area contributed by atoms with Crippen LogP contribution in [0, 0.1) is 10.1 Å². The minimum Gasteiger partial charge on any atom is -0.490 e. The molecule has 1 atom stereocenters. The summed E-state index contributed by atoms with van der Waals surface area (Å²) in [6.07, 6.45) is 0.128. The van der Waals surface area contributed by atoms with E-state index >= 15 is 0 Å². The SMILES string of the molecule is COc1cc(-c2ccc3c(c2)Nc2ccc(C(CCCl)S(N)(=O)=O)cc2NC3=O)ccc1[N+](=O)[O-]. The third kappa shape index (κ3) is 4.92. The largest absolute Gasteiger partial charge is 0.490 e. The van der Waals surface area contributed by atoms with Crippen LogP contribution in [0.1, 0.15) is 27.6 Å². The molecule has 3 aromatic rings. The van der Waals surface area contributed by atoms with Gasteiger partial charge in [-0.05, 0) is 59.5 Å². The van der Waals surface area contributed by atoms with Crippen LogP contribution in [-0.2, 0) is 10.0 Å². The Morgan fingerprint density at radius 2 is 1.74 bits per heavy atom. The number of methoxy groups -OCH3 is 1. The third-order valence-corrected chi connectivity index (χ3v) is 7.19. The van der Waals surface area contributed by atoms with E-state index in [0.717, 1.165) is 0 Å². The zero-order valence-corrected chi connectivity index (χ0v) is 20.0. The van der Waals surface area contributed by atoms with Crippen molar-refractivity contribution in [2.24, 2.45) is 5.14 Å². The smallest absolute Gasteiger partial charge is 0.310 e. The van der Waals surface area contributed by atoms with Gasteiger partial charge in [-0.25, -0.2) is 13.6 Å². The molecular formula is C23H21ClN4O6S. The first-order chi connectivity index (χ1) is 16.6. The van der Waals surface area contributed by atoms with Crippen LogP contribution in [-0.4, -0.2) is 32.2 Å². The molecule has 3 aromatic carbocycles. The summed E-state index contributed by atoms with van der Waals surface area (Å²) in [5, 5.41) is 21.6. The summed E-state index contributed by atoms with van der Waals surface area (Å²) < 4.78 is 29.2. The Morgan fingerprint density at radius 1 is 1.03 bits per heavy atom. The maximum Gasteiger partial charge on any atom is 0.310 e. The molecule has 0 saturated carbocycles. The van der Waals surface area contributed by atoms with Crippen molar-refractivity contribution in [2.45, 2.75) is 11.7 Å². The van der Waals surface area contributed by atoms with Crippen LogP contribution in [0.4, 0.5) is 22.7 Å². The molecule has 1 heterocycles. The number of rotatable bonds is 7. The molecule has 12 heteroatoms. The zero-order valence-electron chi connectivity index (χ0n) is 18.4. The van der Waals surface area contributed by atoms with E-state index in [9.17, 15) is 23.3 Å². The summed E-state index contributed by atoms with van der Waals surface area (Å²) in [5.74, 6) is -0.169. The van der Waals surface area contributed by atoms with Gasteiger partial charge in [0.25, 0.3) is 5.91 Å². The first kappa shape index (κ1) is 24.5. The highest BCUT2D eigenvalue weighted by atomic mass is 35.5. The lowest BCUT2D eigenvalue weighted by Gasteiger charge is -2.17. The second-order valence-corrected chi connectivity index (χ2v) is 9.97. The summed E-state index contributed by atoms with van der Waals surface area (Å²) in [6, 6.07) is 14.5. The fourth-order valence-electron chi connectivity index (χ4n) is 3.96. The van der Waals surface area contributed by atoms with E-state index in [1.165, 1.54) is 13.2 Å². The first-order valence-corrected chi connectivity index (χ1v) is 12.5. The average Bonchev–Trinajstić information content (AvgIpc) is 2.95. The van der Waals surface area contributed by atoms with E-state index < -0.39 is 20.2 Å². The van der Waals surface area contributed by atoms with Crippen LogP contribution >= 0.6 is 11.6 Å². The van der Waals surface area contributed by atoms with E-state index in [1.54, 1.807) is 48.5 Å². The molecule has 0 saturated heterocycles. The Bertz CT molecular complexity index is 1440. The molecule has 4 rings (SSSR count). The monoisotopic (exact) mass is 516 g/mol. The van der Waals surface area contributed by atoms with Gasteiger partial charge in [-0.2, -0.15) is 0 Å². The number of hydrogen-bond acceptors (Lipinski definition) is 7. The van der Waals surface area contributed by atoms with Crippen LogP contribution < -0.4 is 20.5 Å². The lowest BCUT2D eigenvalue weighted by Crippen LogP contribution is -2.22. The van der Waals surface area contributed by atoms with Crippen LogP contribution in [0.25, 0.3) is 11.1 Å². The Kier molecular flexibility index (Phi) is 6.66.